The van der Waals surface area contributed by atoms with Crippen LogP contribution in [0.15, 0.2) is 0 Å². The molecule has 1 heterocycles. The summed E-state index contributed by atoms with van der Waals surface area (Å²) in [7, 11) is 0. The number of hydrogen-bond donors (Lipinski definition) is 3. The highest BCUT2D eigenvalue weighted by atomic mass is 15.3. The van der Waals surface area contributed by atoms with Crippen molar-refractivity contribution >= 4 is 11.9 Å². The largest absolute Gasteiger partial charge is 0.368 e. The maximum absolute atomic E-state index is 5.44. The standard InChI is InChI=1S/C9H15N5/c10-7-12-8(14-13-7)11-6-4-9(5-6)2-1-3-9/h6H,1-5H2,(H4,10,11,12,13,14). The van der Waals surface area contributed by atoms with Gasteiger partial charge in [-0.15, -0.1) is 5.10 Å². The van der Waals surface area contributed by atoms with Gasteiger partial charge in [-0.25, -0.2) is 5.10 Å². The van der Waals surface area contributed by atoms with Gasteiger partial charge in [0, 0.05) is 6.04 Å². The second-order valence-electron chi connectivity index (χ2n) is 4.65. The third-order valence-electron chi connectivity index (χ3n) is 3.61. The van der Waals surface area contributed by atoms with Crippen LogP contribution in [0.25, 0.3) is 0 Å². The Hall–Kier alpha value is -1.26. The maximum atomic E-state index is 5.44. The molecule has 0 amide bonds. The quantitative estimate of drug-likeness (QED) is 0.657. The van der Waals surface area contributed by atoms with Crippen LogP contribution < -0.4 is 11.1 Å². The highest BCUT2D eigenvalue weighted by molar-refractivity contribution is 5.32. The number of hydrogen-bond acceptors (Lipinski definition) is 4. The van der Waals surface area contributed by atoms with Crippen molar-refractivity contribution in [1.82, 2.24) is 15.2 Å². The van der Waals surface area contributed by atoms with Gasteiger partial charge in [0.15, 0.2) is 0 Å². The number of anilines is 2. The minimum atomic E-state index is 0.380. The Labute approximate surface area is 82.5 Å². The summed E-state index contributed by atoms with van der Waals surface area (Å²) in [5.74, 6) is 1.02. The number of nitrogens with two attached hydrogens (primary N) is 1. The Morgan fingerprint density at radius 3 is 2.71 bits per heavy atom. The zero-order valence-electron chi connectivity index (χ0n) is 8.08. The Kier molecular flexibility index (Phi) is 1.51. The number of rotatable bonds is 2. The van der Waals surface area contributed by atoms with Gasteiger partial charge in [-0.3, -0.25) is 0 Å². The first kappa shape index (κ1) is 8.08. The molecular formula is C9H15N5. The maximum Gasteiger partial charge on any atom is 0.243 e. The van der Waals surface area contributed by atoms with Crippen LogP contribution in [-0.4, -0.2) is 21.2 Å². The van der Waals surface area contributed by atoms with Crippen molar-refractivity contribution in [1.29, 1.82) is 0 Å². The molecule has 76 valence electrons. The van der Waals surface area contributed by atoms with E-state index in [0.29, 0.717) is 23.4 Å². The molecule has 0 bridgehead atoms. The van der Waals surface area contributed by atoms with Gasteiger partial charge in [-0.1, -0.05) is 6.42 Å². The van der Waals surface area contributed by atoms with E-state index >= 15 is 0 Å². The summed E-state index contributed by atoms with van der Waals surface area (Å²) < 4.78 is 0. The van der Waals surface area contributed by atoms with E-state index in [2.05, 4.69) is 20.5 Å². The van der Waals surface area contributed by atoms with Crippen LogP contribution >= 0.6 is 0 Å². The fraction of sp³-hybridized carbons (Fsp3) is 0.778. The highest BCUT2D eigenvalue weighted by Crippen LogP contribution is 2.56. The number of nitrogens with one attached hydrogen (secondary N) is 2. The molecule has 0 radical (unpaired) electrons. The molecule has 14 heavy (non-hydrogen) atoms. The lowest BCUT2D eigenvalue weighted by Crippen LogP contribution is -2.49. The van der Waals surface area contributed by atoms with Crippen LogP contribution in [0, 0.1) is 5.41 Å². The molecule has 2 aliphatic carbocycles. The molecule has 3 rings (SSSR count). The van der Waals surface area contributed by atoms with E-state index in [4.69, 9.17) is 5.73 Å². The van der Waals surface area contributed by atoms with Gasteiger partial charge in [0.05, 0.1) is 0 Å². The van der Waals surface area contributed by atoms with Crippen molar-refractivity contribution in [3.8, 4) is 0 Å². The van der Waals surface area contributed by atoms with Crippen LogP contribution in [0.1, 0.15) is 32.1 Å². The van der Waals surface area contributed by atoms with Crippen LogP contribution in [0.4, 0.5) is 11.9 Å². The normalized spacial score (nSPS) is 24.3. The average molecular weight is 193 g/mol. The van der Waals surface area contributed by atoms with E-state index in [1.807, 2.05) is 0 Å². The van der Waals surface area contributed by atoms with Crippen molar-refractivity contribution in [3.05, 3.63) is 0 Å². The lowest BCUT2D eigenvalue weighted by molar-refractivity contribution is 0.0190. The number of H-pyrrole nitrogens is 1. The van der Waals surface area contributed by atoms with Gasteiger partial charge >= 0.3 is 0 Å². The molecule has 5 nitrogen and oxygen atoms in total. The van der Waals surface area contributed by atoms with Gasteiger partial charge in [0.2, 0.25) is 11.9 Å². The summed E-state index contributed by atoms with van der Waals surface area (Å²) in [6.07, 6.45) is 6.81. The van der Waals surface area contributed by atoms with Gasteiger partial charge in [-0.2, -0.15) is 4.98 Å². The zero-order valence-corrected chi connectivity index (χ0v) is 8.08. The molecule has 0 aliphatic heterocycles. The molecule has 0 atom stereocenters. The molecule has 0 aromatic carbocycles. The van der Waals surface area contributed by atoms with Gasteiger partial charge in [0.1, 0.15) is 0 Å². The van der Waals surface area contributed by atoms with E-state index in [1.54, 1.807) is 0 Å². The lowest BCUT2D eigenvalue weighted by Gasteiger charge is -2.54. The summed E-state index contributed by atoms with van der Waals surface area (Å²) in [6.45, 7) is 0. The third kappa shape index (κ3) is 1.15. The average Bonchev–Trinajstić information content (AvgIpc) is 2.39. The van der Waals surface area contributed by atoms with Crippen molar-refractivity contribution in [3.63, 3.8) is 0 Å². The first-order valence-electron chi connectivity index (χ1n) is 5.20. The van der Waals surface area contributed by atoms with E-state index in [1.165, 1.54) is 32.1 Å². The number of aromatic nitrogens is 3. The molecule has 1 aromatic rings. The topological polar surface area (TPSA) is 79.6 Å². The Bertz CT molecular complexity index is 333. The predicted octanol–water partition coefficient (Wildman–Crippen LogP) is 1.13. The minimum Gasteiger partial charge on any atom is -0.368 e. The second kappa shape index (κ2) is 2.62. The highest BCUT2D eigenvalue weighted by Gasteiger charge is 2.48. The van der Waals surface area contributed by atoms with Crippen LogP contribution in [0.5, 0.6) is 0 Å². The van der Waals surface area contributed by atoms with Crippen molar-refractivity contribution < 1.29 is 0 Å². The monoisotopic (exact) mass is 193 g/mol. The summed E-state index contributed by atoms with van der Waals surface area (Å²) in [4.78, 5) is 4.02. The van der Waals surface area contributed by atoms with Crippen molar-refractivity contribution in [2.45, 2.75) is 38.1 Å². The zero-order chi connectivity index (χ0) is 9.60. The Morgan fingerprint density at radius 1 is 1.43 bits per heavy atom. The van der Waals surface area contributed by atoms with Crippen LogP contribution in [0.2, 0.25) is 0 Å². The third-order valence-corrected chi connectivity index (χ3v) is 3.61. The summed E-state index contributed by atoms with van der Waals surface area (Å²) in [5, 5.41) is 9.87. The summed E-state index contributed by atoms with van der Waals surface area (Å²) >= 11 is 0. The van der Waals surface area contributed by atoms with E-state index in [9.17, 15) is 0 Å². The molecule has 2 saturated carbocycles. The molecule has 5 heteroatoms. The fourth-order valence-electron chi connectivity index (χ4n) is 2.69. The Balaban J connectivity index is 1.55. The molecular weight excluding hydrogens is 178 g/mol. The lowest BCUT2D eigenvalue weighted by atomic mass is 9.54. The SMILES string of the molecule is Nc1nc(NC2CC3(CCC3)C2)n[nH]1. The molecule has 0 saturated heterocycles. The molecule has 2 aliphatic rings. The first-order valence-corrected chi connectivity index (χ1v) is 5.20. The summed E-state index contributed by atoms with van der Waals surface area (Å²) in [6, 6.07) is 0.561. The van der Waals surface area contributed by atoms with Gasteiger partial charge in [0.25, 0.3) is 0 Å². The van der Waals surface area contributed by atoms with Crippen molar-refractivity contribution in [2.24, 2.45) is 5.41 Å². The molecule has 0 unspecified atom stereocenters. The van der Waals surface area contributed by atoms with Crippen molar-refractivity contribution in [2.75, 3.05) is 11.1 Å². The molecule has 2 fully saturated rings. The van der Waals surface area contributed by atoms with E-state index in [-0.39, 0.29) is 0 Å². The fourth-order valence-corrected chi connectivity index (χ4v) is 2.69. The molecule has 4 N–H and O–H groups in total. The van der Waals surface area contributed by atoms with Gasteiger partial charge < -0.3 is 11.1 Å². The number of aromatic amines is 1. The first-order chi connectivity index (χ1) is 6.76. The number of nitrogens with zero attached hydrogens (tertiary/aromatic N) is 2. The Morgan fingerprint density at radius 2 is 2.21 bits per heavy atom. The number of nitrogen functional groups attached to an aromatic ring is 1. The van der Waals surface area contributed by atoms with E-state index in [0.717, 1.165) is 0 Å². The smallest absolute Gasteiger partial charge is 0.243 e. The second-order valence-corrected chi connectivity index (χ2v) is 4.65. The van der Waals surface area contributed by atoms with Crippen LogP contribution in [0.3, 0.4) is 0 Å². The molecule has 1 spiro atoms. The van der Waals surface area contributed by atoms with Crippen LogP contribution in [-0.2, 0) is 0 Å². The summed E-state index contributed by atoms with van der Waals surface area (Å²) in [5.41, 5.74) is 6.13. The van der Waals surface area contributed by atoms with Gasteiger partial charge in [-0.05, 0) is 31.1 Å². The molecule has 1 aromatic heterocycles. The predicted molar refractivity (Wildman–Crippen MR) is 53.7 cm³/mol. The van der Waals surface area contributed by atoms with E-state index < -0.39 is 0 Å². The minimum absolute atomic E-state index is 0.380.